The van der Waals surface area contributed by atoms with Gasteiger partial charge in [-0.25, -0.2) is 4.39 Å². The van der Waals surface area contributed by atoms with Crippen LogP contribution in [0.4, 0.5) is 10.1 Å². The number of rotatable bonds is 2. The van der Waals surface area contributed by atoms with Crippen molar-refractivity contribution in [1.82, 2.24) is 9.47 Å². The minimum Gasteiger partial charge on any atom is -0.503 e. The minimum absolute atomic E-state index is 0. The molecule has 0 radical (unpaired) electrons. The number of piperazine rings is 1. The topological polar surface area (TPSA) is 48.7 Å². The standard InChI is InChI=1S/C17H20FN3O2.ClH/c1-12-17(23)16(22)5-6-21(12)13-3-4-15(14(18)11-13)20-9-7-19(2)8-10-20;/h3-6,11,23H,7-10H2,1-2H3;1H. The predicted molar refractivity (Wildman–Crippen MR) is 95.4 cm³/mol. The molecule has 1 aliphatic heterocycles. The van der Waals surface area contributed by atoms with E-state index in [1.807, 2.05) is 4.90 Å². The average Bonchev–Trinajstić information content (AvgIpc) is 2.54. The van der Waals surface area contributed by atoms with E-state index in [2.05, 4.69) is 11.9 Å². The fraction of sp³-hybridized carbons (Fsp3) is 0.353. The lowest BCUT2D eigenvalue weighted by atomic mass is 10.2. The molecule has 1 aromatic carbocycles. The zero-order valence-corrected chi connectivity index (χ0v) is 14.5. The Balaban J connectivity index is 0.00000208. The molecule has 0 unspecified atom stereocenters. The summed E-state index contributed by atoms with van der Waals surface area (Å²) in [5.41, 5.74) is 1.12. The maximum Gasteiger partial charge on any atom is 0.223 e. The summed E-state index contributed by atoms with van der Waals surface area (Å²) >= 11 is 0. The summed E-state index contributed by atoms with van der Waals surface area (Å²) in [5.74, 6) is -0.610. The third-order valence-electron chi connectivity index (χ3n) is 4.37. The van der Waals surface area contributed by atoms with Crippen LogP contribution in [-0.4, -0.2) is 47.8 Å². The van der Waals surface area contributed by atoms with E-state index in [0.29, 0.717) is 17.1 Å². The average molecular weight is 354 g/mol. The molecular weight excluding hydrogens is 333 g/mol. The number of pyridine rings is 1. The van der Waals surface area contributed by atoms with Gasteiger partial charge >= 0.3 is 0 Å². The monoisotopic (exact) mass is 353 g/mol. The second-order valence-electron chi connectivity index (χ2n) is 5.91. The van der Waals surface area contributed by atoms with Crippen molar-refractivity contribution >= 4 is 18.1 Å². The Morgan fingerprint density at radius 3 is 2.42 bits per heavy atom. The van der Waals surface area contributed by atoms with Crippen molar-refractivity contribution in [3.8, 4) is 11.4 Å². The Morgan fingerprint density at radius 2 is 1.79 bits per heavy atom. The highest BCUT2D eigenvalue weighted by Crippen LogP contribution is 2.24. The van der Waals surface area contributed by atoms with Crippen LogP contribution in [0.5, 0.6) is 5.75 Å². The Labute approximate surface area is 146 Å². The molecule has 5 nitrogen and oxygen atoms in total. The van der Waals surface area contributed by atoms with Crippen LogP contribution in [0.1, 0.15) is 5.69 Å². The second-order valence-corrected chi connectivity index (χ2v) is 5.91. The lowest BCUT2D eigenvalue weighted by Gasteiger charge is -2.34. The zero-order valence-electron chi connectivity index (χ0n) is 13.7. The summed E-state index contributed by atoms with van der Waals surface area (Å²) in [6.07, 6.45) is 1.54. The summed E-state index contributed by atoms with van der Waals surface area (Å²) in [4.78, 5) is 15.7. The molecule has 130 valence electrons. The quantitative estimate of drug-likeness (QED) is 0.899. The Kier molecular flexibility index (Phi) is 5.51. The van der Waals surface area contributed by atoms with Crippen LogP contribution < -0.4 is 10.3 Å². The first-order valence-corrected chi connectivity index (χ1v) is 7.62. The van der Waals surface area contributed by atoms with E-state index < -0.39 is 5.43 Å². The SMILES string of the molecule is Cc1c(O)c(=O)ccn1-c1ccc(N2CCN(C)CC2)c(F)c1.Cl. The van der Waals surface area contributed by atoms with Crippen molar-refractivity contribution in [3.63, 3.8) is 0 Å². The van der Waals surface area contributed by atoms with E-state index >= 15 is 0 Å². The number of nitrogens with zero attached hydrogens (tertiary/aromatic N) is 3. The van der Waals surface area contributed by atoms with Crippen molar-refractivity contribution in [3.05, 3.63) is 52.2 Å². The van der Waals surface area contributed by atoms with Gasteiger partial charge in [-0.05, 0) is 26.1 Å². The Morgan fingerprint density at radius 1 is 1.12 bits per heavy atom. The number of hydrogen-bond acceptors (Lipinski definition) is 4. The number of likely N-dealkylation sites (N-methyl/N-ethyl adjacent to an activating group) is 1. The molecule has 2 heterocycles. The number of anilines is 1. The van der Waals surface area contributed by atoms with Crippen LogP contribution in [0.2, 0.25) is 0 Å². The van der Waals surface area contributed by atoms with Crippen molar-refractivity contribution in [2.24, 2.45) is 0 Å². The molecule has 3 rings (SSSR count). The maximum atomic E-state index is 14.5. The molecule has 0 atom stereocenters. The predicted octanol–water partition coefficient (Wildman–Crippen LogP) is 2.16. The summed E-state index contributed by atoms with van der Waals surface area (Å²) < 4.78 is 16.1. The number of hydrogen-bond donors (Lipinski definition) is 1. The van der Waals surface area contributed by atoms with Gasteiger partial charge in [0.25, 0.3) is 0 Å². The Bertz CT molecular complexity index is 786. The molecule has 0 aliphatic carbocycles. The van der Waals surface area contributed by atoms with Crippen LogP contribution in [0, 0.1) is 12.7 Å². The van der Waals surface area contributed by atoms with Gasteiger partial charge in [0.1, 0.15) is 5.82 Å². The molecule has 0 spiro atoms. The van der Waals surface area contributed by atoms with Crippen molar-refractivity contribution in [1.29, 1.82) is 0 Å². The van der Waals surface area contributed by atoms with E-state index in [0.717, 1.165) is 26.2 Å². The van der Waals surface area contributed by atoms with Gasteiger partial charge in [0.2, 0.25) is 5.43 Å². The number of halogens is 2. The molecule has 1 aliphatic rings. The molecule has 0 saturated carbocycles. The van der Waals surface area contributed by atoms with Crippen LogP contribution >= 0.6 is 12.4 Å². The second kappa shape index (κ2) is 7.23. The van der Waals surface area contributed by atoms with Crippen LogP contribution in [0.3, 0.4) is 0 Å². The fourth-order valence-corrected chi connectivity index (χ4v) is 2.85. The molecule has 1 N–H and O–H groups in total. The van der Waals surface area contributed by atoms with Crippen LogP contribution in [-0.2, 0) is 0 Å². The first-order valence-electron chi connectivity index (χ1n) is 7.62. The van der Waals surface area contributed by atoms with Gasteiger partial charge < -0.3 is 19.5 Å². The fourth-order valence-electron chi connectivity index (χ4n) is 2.85. The number of aromatic hydroxyl groups is 1. The lowest BCUT2D eigenvalue weighted by Crippen LogP contribution is -2.44. The minimum atomic E-state index is -0.437. The van der Waals surface area contributed by atoms with Gasteiger partial charge in [-0.3, -0.25) is 4.79 Å². The summed E-state index contributed by atoms with van der Waals surface area (Å²) in [6, 6.07) is 6.26. The van der Waals surface area contributed by atoms with Crippen molar-refractivity contribution in [2.75, 3.05) is 38.1 Å². The largest absolute Gasteiger partial charge is 0.503 e. The molecule has 7 heteroatoms. The van der Waals surface area contributed by atoms with Gasteiger partial charge in [0.15, 0.2) is 5.75 Å². The molecule has 1 aromatic heterocycles. The highest BCUT2D eigenvalue weighted by molar-refractivity contribution is 5.85. The van der Waals surface area contributed by atoms with Gasteiger partial charge in [-0.15, -0.1) is 12.4 Å². The number of aromatic nitrogens is 1. The van der Waals surface area contributed by atoms with Gasteiger partial charge in [0, 0.05) is 50.2 Å². The highest BCUT2D eigenvalue weighted by Gasteiger charge is 2.18. The first-order chi connectivity index (χ1) is 11.0. The van der Waals surface area contributed by atoms with Crippen LogP contribution in [0.15, 0.2) is 35.3 Å². The van der Waals surface area contributed by atoms with Gasteiger partial charge in [-0.2, -0.15) is 0 Å². The maximum absolute atomic E-state index is 14.5. The molecular formula is C17H21ClFN3O2. The van der Waals surface area contributed by atoms with E-state index in [1.165, 1.54) is 12.1 Å². The molecule has 1 saturated heterocycles. The lowest BCUT2D eigenvalue weighted by molar-refractivity contribution is 0.311. The highest BCUT2D eigenvalue weighted by atomic mass is 35.5. The normalized spacial score (nSPS) is 15.2. The van der Waals surface area contributed by atoms with Crippen LogP contribution in [0.25, 0.3) is 5.69 Å². The van der Waals surface area contributed by atoms with Gasteiger partial charge in [-0.1, -0.05) is 0 Å². The van der Waals surface area contributed by atoms with E-state index in [4.69, 9.17) is 0 Å². The van der Waals surface area contributed by atoms with Gasteiger partial charge in [0.05, 0.1) is 11.4 Å². The smallest absolute Gasteiger partial charge is 0.223 e. The summed E-state index contributed by atoms with van der Waals surface area (Å²) in [5, 5.41) is 9.76. The third kappa shape index (κ3) is 3.39. The zero-order chi connectivity index (χ0) is 16.6. The molecule has 0 bridgehead atoms. The molecule has 24 heavy (non-hydrogen) atoms. The van der Waals surface area contributed by atoms with Crippen molar-refractivity contribution in [2.45, 2.75) is 6.92 Å². The molecule has 0 amide bonds. The van der Waals surface area contributed by atoms with E-state index in [9.17, 15) is 14.3 Å². The Hall–Kier alpha value is -2.05. The third-order valence-corrected chi connectivity index (χ3v) is 4.37. The molecule has 2 aromatic rings. The van der Waals surface area contributed by atoms with E-state index in [1.54, 1.807) is 29.8 Å². The first kappa shape index (κ1) is 18.3. The van der Waals surface area contributed by atoms with Crippen molar-refractivity contribution < 1.29 is 9.50 Å². The number of benzene rings is 1. The summed E-state index contributed by atoms with van der Waals surface area (Å²) in [6.45, 7) is 5.04. The molecule has 1 fully saturated rings. The van der Waals surface area contributed by atoms with E-state index in [-0.39, 0.29) is 24.0 Å². The summed E-state index contributed by atoms with van der Waals surface area (Å²) in [7, 11) is 2.06.